The van der Waals surface area contributed by atoms with Crippen LogP contribution in [0.4, 0.5) is 16.2 Å². The van der Waals surface area contributed by atoms with Crippen molar-refractivity contribution >= 4 is 17.4 Å². The molecule has 2 aromatic carbocycles. The minimum absolute atomic E-state index is 0.347. The Morgan fingerprint density at radius 2 is 1.46 bits per heavy atom. The first-order valence-corrected chi connectivity index (χ1v) is 8.58. The molecule has 0 aromatic heterocycles. The molecule has 0 fully saturated rings. The molecule has 0 bridgehead atoms. The van der Waals surface area contributed by atoms with E-state index in [1.54, 1.807) is 12.1 Å². The average Bonchev–Trinajstić information content (AvgIpc) is 2.66. The topological polar surface area (TPSA) is 68.8 Å². The van der Waals surface area contributed by atoms with Crippen LogP contribution < -0.4 is 24.8 Å². The highest BCUT2D eigenvalue weighted by Crippen LogP contribution is 2.39. The van der Waals surface area contributed by atoms with Crippen LogP contribution >= 0.6 is 0 Å². The lowest BCUT2D eigenvalue weighted by Gasteiger charge is -2.15. The molecule has 2 rings (SSSR count). The van der Waals surface area contributed by atoms with Gasteiger partial charge in [0.25, 0.3) is 0 Å². The van der Waals surface area contributed by atoms with Gasteiger partial charge < -0.3 is 24.8 Å². The fraction of sp³-hybridized carbons (Fsp3) is 0.350. The second-order valence-corrected chi connectivity index (χ2v) is 5.79. The van der Waals surface area contributed by atoms with E-state index in [1.165, 1.54) is 26.9 Å². The minimum Gasteiger partial charge on any atom is -0.493 e. The van der Waals surface area contributed by atoms with Crippen molar-refractivity contribution in [2.45, 2.75) is 26.2 Å². The van der Waals surface area contributed by atoms with E-state index in [2.05, 4.69) is 17.6 Å². The fourth-order valence-corrected chi connectivity index (χ4v) is 2.58. The van der Waals surface area contributed by atoms with E-state index in [4.69, 9.17) is 14.2 Å². The van der Waals surface area contributed by atoms with Gasteiger partial charge >= 0.3 is 6.03 Å². The van der Waals surface area contributed by atoms with Crippen LogP contribution in [-0.4, -0.2) is 27.4 Å². The molecule has 2 aromatic rings. The van der Waals surface area contributed by atoms with E-state index < -0.39 is 0 Å². The van der Waals surface area contributed by atoms with Gasteiger partial charge in [-0.15, -0.1) is 0 Å². The van der Waals surface area contributed by atoms with Crippen molar-refractivity contribution in [2.75, 3.05) is 32.0 Å². The number of unbranched alkanes of at least 4 members (excludes halogenated alkanes) is 1. The minimum atomic E-state index is -0.347. The lowest BCUT2D eigenvalue weighted by molar-refractivity contribution is 0.262. The van der Waals surface area contributed by atoms with Crippen LogP contribution in [0.2, 0.25) is 0 Å². The number of hydrogen-bond acceptors (Lipinski definition) is 4. The number of benzene rings is 2. The number of carbonyl (C=O) groups excluding carboxylic acids is 1. The first-order valence-electron chi connectivity index (χ1n) is 8.58. The quantitative estimate of drug-likeness (QED) is 0.718. The first kappa shape index (κ1) is 19.4. The Balaban J connectivity index is 2.05. The van der Waals surface area contributed by atoms with E-state index in [-0.39, 0.29) is 6.03 Å². The largest absolute Gasteiger partial charge is 0.493 e. The molecule has 0 spiro atoms. The van der Waals surface area contributed by atoms with Gasteiger partial charge in [-0.05, 0) is 30.5 Å². The van der Waals surface area contributed by atoms with Crippen molar-refractivity contribution in [1.29, 1.82) is 0 Å². The van der Waals surface area contributed by atoms with Gasteiger partial charge in [0, 0.05) is 17.8 Å². The van der Waals surface area contributed by atoms with Crippen LogP contribution in [0.1, 0.15) is 25.3 Å². The number of aryl methyl sites for hydroxylation is 1. The summed E-state index contributed by atoms with van der Waals surface area (Å²) in [5.41, 5.74) is 2.54. The molecule has 0 atom stereocenters. The summed E-state index contributed by atoms with van der Waals surface area (Å²) in [6, 6.07) is 10.9. The summed E-state index contributed by atoms with van der Waals surface area (Å²) in [5.74, 6) is 1.42. The molecular weight excluding hydrogens is 332 g/mol. The van der Waals surface area contributed by atoms with Crippen molar-refractivity contribution in [2.24, 2.45) is 0 Å². The highest BCUT2D eigenvalue weighted by atomic mass is 16.5. The van der Waals surface area contributed by atoms with Gasteiger partial charge in [-0.2, -0.15) is 0 Å². The summed E-state index contributed by atoms with van der Waals surface area (Å²) < 4.78 is 15.9. The zero-order chi connectivity index (χ0) is 18.9. The molecule has 6 heteroatoms. The Morgan fingerprint density at radius 1 is 0.885 bits per heavy atom. The van der Waals surface area contributed by atoms with Crippen molar-refractivity contribution in [3.05, 3.63) is 42.0 Å². The number of carbonyl (C=O) groups is 1. The van der Waals surface area contributed by atoms with E-state index in [1.807, 2.05) is 24.3 Å². The van der Waals surface area contributed by atoms with Crippen LogP contribution in [-0.2, 0) is 6.42 Å². The van der Waals surface area contributed by atoms with Crippen molar-refractivity contribution in [3.63, 3.8) is 0 Å². The number of anilines is 2. The summed E-state index contributed by atoms with van der Waals surface area (Å²) in [5, 5.41) is 5.59. The molecule has 0 radical (unpaired) electrons. The second-order valence-electron chi connectivity index (χ2n) is 5.79. The highest BCUT2D eigenvalue weighted by molar-refractivity contribution is 6.00. The van der Waals surface area contributed by atoms with Crippen LogP contribution in [0.3, 0.4) is 0 Å². The van der Waals surface area contributed by atoms with Gasteiger partial charge in [0.1, 0.15) is 0 Å². The monoisotopic (exact) mass is 358 g/mol. The number of urea groups is 1. The maximum absolute atomic E-state index is 12.3. The van der Waals surface area contributed by atoms with E-state index in [0.717, 1.165) is 24.9 Å². The summed E-state index contributed by atoms with van der Waals surface area (Å²) in [6.07, 6.45) is 3.38. The Morgan fingerprint density at radius 3 is 1.96 bits per heavy atom. The zero-order valence-electron chi connectivity index (χ0n) is 15.7. The van der Waals surface area contributed by atoms with Crippen molar-refractivity contribution < 1.29 is 19.0 Å². The van der Waals surface area contributed by atoms with Crippen LogP contribution in [0.25, 0.3) is 0 Å². The lowest BCUT2D eigenvalue weighted by Crippen LogP contribution is -2.19. The molecular formula is C20H26N2O4. The van der Waals surface area contributed by atoms with E-state index in [9.17, 15) is 4.79 Å². The molecule has 2 amide bonds. The van der Waals surface area contributed by atoms with Crippen molar-refractivity contribution in [3.8, 4) is 17.2 Å². The van der Waals surface area contributed by atoms with Gasteiger partial charge in [0.2, 0.25) is 5.75 Å². The number of rotatable bonds is 8. The molecule has 0 unspecified atom stereocenters. The molecule has 26 heavy (non-hydrogen) atoms. The maximum atomic E-state index is 12.3. The first-order chi connectivity index (χ1) is 12.6. The summed E-state index contributed by atoms with van der Waals surface area (Å²) in [4.78, 5) is 12.3. The number of hydrogen-bond donors (Lipinski definition) is 2. The Bertz CT molecular complexity index is 704. The highest BCUT2D eigenvalue weighted by Gasteiger charge is 2.14. The molecule has 0 saturated heterocycles. The summed E-state index contributed by atoms with van der Waals surface area (Å²) >= 11 is 0. The number of nitrogens with one attached hydrogen (secondary N) is 2. The predicted octanol–water partition coefficient (Wildman–Crippen LogP) is 4.70. The third-order valence-corrected chi connectivity index (χ3v) is 3.95. The van der Waals surface area contributed by atoms with Gasteiger partial charge in [0.15, 0.2) is 11.5 Å². The SMILES string of the molecule is CCCCc1ccc(NC(=O)Nc2cc(OC)c(OC)c(OC)c2)cc1. The predicted molar refractivity (Wildman–Crippen MR) is 104 cm³/mol. The Kier molecular flexibility index (Phi) is 7.14. The zero-order valence-corrected chi connectivity index (χ0v) is 15.7. The second kappa shape index (κ2) is 9.56. The average molecular weight is 358 g/mol. The number of ether oxygens (including phenoxy) is 3. The van der Waals surface area contributed by atoms with E-state index in [0.29, 0.717) is 22.9 Å². The molecule has 2 N–H and O–H groups in total. The van der Waals surface area contributed by atoms with Crippen LogP contribution in [0.15, 0.2) is 36.4 Å². The molecule has 140 valence electrons. The van der Waals surface area contributed by atoms with Gasteiger partial charge in [0.05, 0.1) is 27.0 Å². The van der Waals surface area contributed by atoms with Gasteiger partial charge in [-0.1, -0.05) is 25.5 Å². The molecule has 0 aliphatic heterocycles. The third kappa shape index (κ3) is 5.05. The van der Waals surface area contributed by atoms with Crippen LogP contribution in [0, 0.1) is 0 Å². The molecule has 0 aliphatic carbocycles. The smallest absolute Gasteiger partial charge is 0.323 e. The number of methoxy groups -OCH3 is 3. The molecule has 0 aliphatic rings. The van der Waals surface area contributed by atoms with Crippen molar-refractivity contribution in [1.82, 2.24) is 0 Å². The third-order valence-electron chi connectivity index (χ3n) is 3.95. The maximum Gasteiger partial charge on any atom is 0.323 e. The summed E-state index contributed by atoms with van der Waals surface area (Å²) in [6.45, 7) is 2.17. The Hall–Kier alpha value is -2.89. The lowest BCUT2D eigenvalue weighted by atomic mass is 10.1. The normalized spacial score (nSPS) is 10.2. The van der Waals surface area contributed by atoms with Gasteiger partial charge in [-0.3, -0.25) is 0 Å². The molecule has 6 nitrogen and oxygen atoms in total. The standard InChI is InChI=1S/C20H26N2O4/c1-5-6-7-14-8-10-15(11-9-14)21-20(23)22-16-12-17(24-2)19(26-4)18(13-16)25-3/h8-13H,5-7H2,1-4H3,(H2,21,22,23). The number of amides is 2. The molecule has 0 saturated carbocycles. The van der Waals surface area contributed by atoms with E-state index >= 15 is 0 Å². The fourth-order valence-electron chi connectivity index (χ4n) is 2.58. The summed E-state index contributed by atoms with van der Waals surface area (Å²) in [7, 11) is 4.59. The van der Waals surface area contributed by atoms with Gasteiger partial charge in [-0.25, -0.2) is 4.79 Å². The van der Waals surface area contributed by atoms with Crippen LogP contribution in [0.5, 0.6) is 17.2 Å². The Labute approximate surface area is 154 Å². The molecule has 0 heterocycles.